The zero-order chi connectivity index (χ0) is 19.2. The molecule has 27 heavy (non-hydrogen) atoms. The van der Waals surface area contributed by atoms with Gasteiger partial charge in [-0.3, -0.25) is 4.79 Å². The number of likely N-dealkylation sites (N-methyl/N-ethyl adjacent to an activating group) is 1. The Morgan fingerprint density at radius 2 is 1.93 bits per heavy atom. The van der Waals surface area contributed by atoms with Gasteiger partial charge in [-0.2, -0.15) is 0 Å². The molecule has 0 spiro atoms. The van der Waals surface area contributed by atoms with Crippen LogP contribution < -0.4 is 15.4 Å². The van der Waals surface area contributed by atoms with Gasteiger partial charge in [0.25, 0.3) is 5.91 Å². The molecule has 1 heterocycles. The number of ether oxygens (including phenoxy) is 2. The van der Waals surface area contributed by atoms with Crippen LogP contribution >= 0.6 is 0 Å². The first-order chi connectivity index (χ1) is 13.1. The van der Waals surface area contributed by atoms with E-state index in [1.54, 1.807) is 19.1 Å². The molecule has 7 nitrogen and oxygen atoms in total. The van der Waals surface area contributed by atoms with Crippen LogP contribution in [0.5, 0.6) is 5.75 Å². The van der Waals surface area contributed by atoms with E-state index in [4.69, 9.17) is 13.9 Å². The minimum atomic E-state index is -0.553. The van der Waals surface area contributed by atoms with Crippen LogP contribution in [0.15, 0.2) is 52.9 Å². The van der Waals surface area contributed by atoms with Crippen molar-refractivity contribution in [3.05, 3.63) is 54.4 Å². The quantitative estimate of drug-likeness (QED) is 0.634. The molecule has 0 saturated heterocycles. The summed E-state index contributed by atoms with van der Waals surface area (Å²) in [6.07, 6.45) is -0.553. The average molecular weight is 369 g/mol. The topological polar surface area (TPSA) is 85.6 Å². The first kappa shape index (κ1) is 18.9. The normalized spacial score (nSPS) is 13.3. The van der Waals surface area contributed by atoms with Gasteiger partial charge in [-0.05, 0) is 38.2 Å². The van der Waals surface area contributed by atoms with Gasteiger partial charge in [-0.25, -0.2) is 4.98 Å². The predicted molar refractivity (Wildman–Crippen MR) is 103 cm³/mol. The van der Waals surface area contributed by atoms with Crippen molar-refractivity contribution in [1.82, 2.24) is 10.3 Å². The van der Waals surface area contributed by atoms with Gasteiger partial charge >= 0.3 is 0 Å². The zero-order valence-electron chi connectivity index (χ0n) is 15.6. The fraction of sp³-hybridized carbons (Fsp3) is 0.300. The number of carbonyl (C=O) groups is 1. The minimum absolute atomic E-state index is 0.237. The summed E-state index contributed by atoms with van der Waals surface area (Å²) in [5.41, 5.74) is 2.11. The summed E-state index contributed by atoms with van der Waals surface area (Å²) in [6, 6.07) is 14.6. The Bertz CT molecular complexity index is 876. The highest BCUT2D eigenvalue weighted by Gasteiger charge is 2.19. The van der Waals surface area contributed by atoms with Gasteiger partial charge in [0.1, 0.15) is 30.0 Å². The van der Waals surface area contributed by atoms with Crippen molar-refractivity contribution in [3.8, 4) is 5.75 Å². The third-order valence-electron chi connectivity index (χ3n) is 4.23. The monoisotopic (exact) mass is 369 g/mol. The van der Waals surface area contributed by atoms with Crippen LogP contribution in [0.25, 0.3) is 11.1 Å². The molecule has 1 amide bonds. The largest absolute Gasteiger partial charge is 0.489 e. The lowest BCUT2D eigenvalue weighted by molar-refractivity contribution is -0.124. The number of hydrogen-bond acceptors (Lipinski definition) is 6. The highest BCUT2D eigenvalue weighted by molar-refractivity contribution is 5.95. The molecule has 0 saturated carbocycles. The van der Waals surface area contributed by atoms with Crippen LogP contribution in [0.2, 0.25) is 0 Å². The Kier molecular flexibility index (Phi) is 6.05. The van der Waals surface area contributed by atoms with Crippen molar-refractivity contribution < 1.29 is 18.7 Å². The summed E-state index contributed by atoms with van der Waals surface area (Å²) in [5.74, 6) is 0.872. The number of nitrogens with one attached hydrogen (secondary N) is 2. The summed E-state index contributed by atoms with van der Waals surface area (Å²) >= 11 is 0. The van der Waals surface area contributed by atoms with E-state index in [0.29, 0.717) is 17.3 Å². The second-order valence-electron chi connectivity index (χ2n) is 6.04. The van der Waals surface area contributed by atoms with Crippen molar-refractivity contribution in [2.24, 2.45) is 0 Å². The average Bonchev–Trinajstić information content (AvgIpc) is 3.12. The molecule has 1 aromatic heterocycles. The van der Waals surface area contributed by atoms with E-state index >= 15 is 0 Å². The lowest BCUT2D eigenvalue weighted by Crippen LogP contribution is -2.27. The van der Waals surface area contributed by atoms with Crippen LogP contribution in [0.3, 0.4) is 0 Å². The number of benzene rings is 2. The number of rotatable bonds is 8. The Balaban J connectivity index is 1.72. The number of aromatic nitrogens is 1. The maximum atomic E-state index is 12.1. The van der Waals surface area contributed by atoms with E-state index in [0.717, 1.165) is 11.1 Å². The van der Waals surface area contributed by atoms with E-state index < -0.39 is 6.10 Å². The molecule has 0 aliphatic carbocycles. The van der Waals surface area contributed by atoms with Gasteiger partial charge in [0.15, 0.2) is 5.58 Å². The van der Waals surface area contributed by atoms with Gasteiger partial charge in [-0.15, -0.1) is 0 Å². The molecule has 0 radical (unpaired) electrons. The van der Waals surface area contributed by atoms with Crippen molar-refractivity contribution in [1.29, 1.82) is 0 Å². The van der Waals surface area contributed by atoms with E-state index in [1.165, 1.54) is 7.11 Å². The number of anilines is 1. The molecule has 0 aliphatic rings. The summed E-state index contributed by atoms with van der Waals surface area (Å²) in [6.45, 7) is 1.97. The van der Waals surface area contributed by atoms with E-state index in [-0.39, 0.29) is 18.6 Å². The summed E-state index contributed by atoms with van der Waals surface area (Å²) < 4.78 is 16.8. The zero-order valence-corrected chi connectivity index (χ0v) is 15.6. The molecule has 0 bridgehead atoms. The predicted octanol–water partition coefficient (Wildman–Crippen LogP) is 3.14. The van der Waals surface area contributed by atoms with Crippen LogP contribution in [0.1, 0.15) is 18.9 Å². The standard InChI is InChI=1S/C20H23N3O4/c1-13(25-3)19(24)22-14-8-4-6-10-17(14)26-12-16(21-2)20-23-15-9-5-7-11-18(15)27-20/h4-11,13,16,21H,12H2,1-3H3,(H,22,24). The molecular formula is C20H23N3O4. The Morgan fingerprint density at radius 1 is 1.19 bits per heavy atom. The number of carbonyl (C=O) groups excluding carboxylic acids is 1. The number of amides is 1. The van der Waals surface area contributed by atoms with Crippen LogP contribution in [0, 0.1) is 0 Å². The molecule has 3 aromatic rings. The molecule has 2 aromatic carbocycles. The third kappa shape index (κ3) is 4.45. The minimum Gasteiger partial charge on any atom is -0.489 e. The molecule has 0 aliphatic heterocycles. The number of fused-ring (bicyclic) bond motifs is 1. The van der Waals surface area contributed by atoms with Gasteiger partial charge in [-0.1, -0.05) is 24.3 Å². The molecule has 2 unspecified atom stereocenters. The highest BCUT2D eigenvalue weighted by Crippen LogP contribution is 2.26. The Hall–Kier alpha value is -2.90. The van der Waals surface area contributed by atoms with Crippen LogP contribution in [-0.4, -0.2) is 37.8 Å². The van der Waals surface area contributed by atoms with Gasteiger partial charge < -0.3 is 24.5 Å². The number of oxazole rings is 1. The Labute approximate surface area is 157 Å². The number of hydrogen-bond donors (Lipinski definition) is 2. The van der Waals surface area contributed by atoms with Crippen LogP contribution in [0.4, 0.5) is 5.69 Å². The highest BCUT2D eigenvalue weighted by atomic mass is 16.5. The summed E-state index contributed by atoms with van der Waals surface area (Å²) in [4.78, 5) is 16.6. The molecular weight excluding hydrogens is 346 g/mol. The summed E-state index contributed by atoms with van der Waals surface area (Å²) in [7, 11) is 3.31. The molecule has 7 heteroatoms. The van der Waals surface area contributed by atoms with Crippen LogP contribution in [-0.2, 0) is 9.53 Å². The first-order valence-corrected chi connectivity index (χ1v) is 8.70. The van der Waals surface area contributed by atoms with Crippen molar-refractivity contribution in [2.45, 2.75) is 19.1 Å². The lowest BCUT2D eigenvalue weighted by Gasteiger charge is -2.17. The number of para-hydroxylation sites is 4. The van der Waals surface area contributed by atoms with E-state index in [9.17, 15) is 4.79 Å². The molecule has 142 valence electrons. The maximum Gasteiger partial charge on any atom is 0.253 e. The van der Waals surface area contributed by atoms with Gasteiger partial charge in [0, 0.05) is 7.11 Å². The molecule has 3 rings (SSSR count). The van der Waals surface area contributed by atoms with E-state index in [1.807, 2.05) is 43.4 Å². The SMILES string of the molecule is CNC(COc1ccccc1NC(=O)C(C)OC)c1nc2ccccc2o1. The first-order valence-electron chi connectivity index (χ1n) is 8.70. The lowest BCUT2D eigenvalue weighted by atomic mass is 10.2. The maximum absolute atomic E-state index is 12.1. The molecule has 2 atom stereocenters. The fourth-order valence-electron chi connectivity index (χ4n) is 2.53. The second-order valence-corrected chi connectivity index (χ2v) is 6.04. The second kappa shape index (κ2) is 8.66. The van der Waals surface area contributed by atoms with Crippen molar-refractivity contribution >= 4 is 22.7 Å². The van der Waals surface area contributed by atoms with E-state index in [2.05, 4.69) is 15.6 Å². The van der Waals surface area contributed by atoms with Crippen molar-refractivity contribution in [3.63, 3.8) is 0 Å². The number of methoxy groups -OCH3 is 1. The third-order valence-corrected chi connectivity index (χ3v) is 4.23. The molecule has 2 N–H and O–H groups in total. The number of nitrogens with zero attached hydrogens (tertiary/aromatic N) is 1. The summed E-state index contributed by atoms with van der Waals surface area (Å²) in [5, 5.41) is 5.96. The Morgan fingerprint density at radius 3 is 2.67 bits per heavy atom. The fourth-order valence-corrected chi connectivity index (χ4v) is 2.53. The smallest absolute Gasteiger partial charge is 0.253 e. The molecule has 0 fully saturated rings. The van der Waals surface area contributed by atoms with Gasteiger partial charge in [0.2, 0.25) is 5.89 Å². The van der Waals surface area contributed by atoms with Gasteiger partial charge in [0.05, 0.1) is 5.69 Å². The van der Waals surface area contributed by atoms with Crippen molar-refractivity contribution in [2.75, 3.05) is 26.1 Å².